The van der Waals surface area contributed by atoms with Crippen LogP contribution in [0.2, 0.25) is 0 Å². The summed E-state index contributed by atoms with van der Waals surface area (Å²) in [5, 5.41) is 8.73. The van der Waals surface area contributed by atoms with E-state index in [1.54, 1.807) is 0 Å². The molecule has 0 saturated heterocycles. The molecule has 0 aromatic rings. The molecule has 0 saturated carbocycles. The third-order valence-corrected chi connectivity index (χ3v) is 1.81. The number of amides is 1. The lowest BCUT2D eigenvalue weighted by molar-refractivity contribution is -0.148. The number of likely N-dealkylation sites (N-methyl/N-ethyl adjacent to an activating group) is 1. The van der Waals surface area contributed by atoms with Gasteiger partial charge in [-0.1, -0.05) is 13.3 Å². The van der Waals surface area contributed by atoms with Gasteiger partial charge < -0.3 is 10.0 Å². The van der Waals surface area contributed by atoms with Gasteiger partial charge in [-0.15, -0.1) is 0 Å². The third kappa shape index (κ3) is 2.90. The lowest BCUT2D eigenvalue weighted by Crippen LogP contribution is -2.41. The Balaban J connectivity index is 4.28. The quantitative estimate of drug-likeness (QED) is 0.681. The average Bonchev–Trinajstić information content (AvgIpc) is 1.98. The molecule has 0 aliphatic heterocycles. The first-order chi connectivity index (χ1) is 5.50. The van der Waals surface area contributed by atoms with Crippen LogP contribution in [0.3, 0.4) is 0 Å². The first-order valence-electron chi connectivity index (χ1n) is 3.96. The van der Waals surface area contributed by atoms with Crippen molar-refractivity contribution in [3.05, 3.63) is 0 Å². The van der Waals surface area contributed by atoms with Gasteiger partial charge in [0, 0.05) is 14.0 Å². The molecule has 0 spiro atoms. The Morgan fingerprint density at radius 1 is 1.50 bits per heavy atom. The number of rotatable bonds is 4. The molecule has 1 unspecified atom stereocenters. The summed E-state index contributed by atoms with van der Waals surface area (Å²) in [4.78, 5) is 22.7. The molecule has 1 atom stereocenters. The van der Waals surface area contributed by atoms with E-state index < -0.39 is 12.0 Å². The number of carboxylic acid groups (broad SMARTS) is 1. The maximum absolute atomic E-state index is 10.8. The lowest BCUT2D eigenvalue weighted by atomic mass is 10.1. The zero-order valence-electron chi connectivity index (χ0n) is 7.70. The Morgan fingerprint density at radius 3 is 2.25 bits per heavy atom. The Labute approximate surface area is 72.2 Å². The van der Waals surface area contributed by atoms with Crippen molar-refractivity contribution in [2.45, 2.75) is 32.7 Å². The van der Waals surface area contributed by atoms with Gasteiger partial charge in [0.1, 0.15) is 6.04 Å². The lowest BCUT2D eigenvalue weighted by Gasteiger charge is -2.22. The maximum Gasteiger partial charge on any atom is 0.326 e. The van der Waals surface area contributed by atoms with E-state index in [-0.39, 0.29) is 5.91 Å². The highest BCUT2D eigenvalue weighted by molar-refractivity contribution is 5.81. The molecule has 0 aliphatic rings. The maximum atomic E-state index is 10.8. The van der Waals surface area contributed by atoms with Crippen LogP contribution in [0.5, 0.6) is 0 Å². The summed E-state index contributed by atoms with van der Waals surface area (Å²) in [6, 6.07) is -0.674. The second-order valence-electron chi connectivity index (χ2n) is 2.77. The number of carboxylic acids is 1. The first-order valence-corrected chi connectivity index (χ1v) is 3.96. The first kappa shape index (κ1) is 10.9. The molecule has 70 valence electrons. The molecule has 4 nitrogen and oxygen atoms in total. The van der Waals surface area contributed by atoms with Gasteiger partial charge in [-0.2, -0.15) is 0 Å². The molecule has 0 fully saturated rings. The summed E-state index contributed by atoms with van der Waals surface area (Å²) in [6.07, 6.45) is 1.26. The molecule has 4 heteroatoms. The highest BCUT2D eigenvalue weighted by Gasteiger charge is 2.22. The summed E-state index contributed by atoms with van der Waals surface area (Å²) in [5.41, 5.74) is 0. The minimum Gasteiger partial charge on any atom is -0.480 e. The largest absolute Gasteiger partial charge is 0.480 e. The third-order valence-electron chi connectivity index (χ3n) is 1.81. The van der Waals surface area contributed by atoms with Crippen LogP contribution in [0.4, 0.5) is 0 Å². The van der Waals surface area contributed by atoms with Crippen LogP contribution in [0.15, 0.2) is 0 Å². The molecule has 0 heterocycles. The number of carbonyl (C=O) groups excluding carboxylic acids is 1. The van der Waals surface area contributed by atoms with Gasteiger partial charge in [0.05, 0.1) is 0 Å². The van der Waals surface area contributed by atoms with Crippen molar-refractivity contribution in [2.75, 3.05) is 7.05 Å². The molecular weight excluding hydrogens is 158 g/mol. The highest BCUT2D eigenvalue weighted by Crippen LogP contribution is 2.05. The van der Waals surface area contributed by atoms with Crippen molar-refractivity contribution in [1.29, 1.82) is 0 Å². The normalized spacial score (nSPS) is 12.2. The average molecular weight is 173 g/mol. The summed E-state index contributed by atoms with van der Waals surface area (Å²) in [5.74, 6) is -1.15. The number of nitrogens with zero attached hydrogens (tertiary/aromatic N) is 1. The molecule has 0 aromatic heterocycles. The molecule has 0 aromatic carbocycles. The molecule has 1 N–H and O–H groups in total. The Morgan fingerprint density at radius 2 is 2.00 bits per heavy atom. The number of hydrogen-bond donors (Lipinski definition) is 1. The van der Waals surface area contributed by atoms with E-state index in [2.05, 4.69) is 0 Å². The molecule has 12 heavy (non-hydrogen) atoms. The molecule has 0 aliphatic carbocycles. The minimum absolute atomic E-state index is 0.212. The second kappa shape index (κ2) is 4.74. The number of carbonyl (C=O) groups is 2. The fourth-order valence-corrected chi connectivity index (χ4v) is 0.976. The minimum atomic E-state index is -0.936. The van der Waals surface area contributed by atoms with Gasteiger partial charge in [-0.25, -0.2) is 4.79 Å². The van der Waals surface area contributed by atoms with Gasteiger partial charge in [0.2, 0.25) is 5.91 Å². The molecular formula is C8H15NO3. The van der Waals surface area contributed by atoms with Crippen molar-refractivity contribution >= 4 is 11.9 Å². The van der Waals surface area contributed by atoms with E-state index in [0.29, 0.717) is 6.42 Å². The van der Waals surface area contributed by atoms with E-state index in [0.717, 1.165) is 6.42 Å². The summed E-state index contributed by atoms with van der Waals surface area (Å²) < 4.78 is 0. The summed E-state index contributed by atoms with van der Waals surface area (Å²) >= 11 is 0. The fraction of sp³-hybridized carbons (Fsp3) is 0.750. The van der Waals surface area contributed by atoms with Gasteiger partial charge in [-0.3, -0.25) is 4.79 Å². The van der Waals surface area contributed by atoms with E-state index in [1.165, 1.54) is 18.9 Å². The van der Waals surface area contributed by atoms with Gasteiger partial charge >= 0.3 is 5.97 Å². The van der Waals surface area contributed by atoms with Crippen LogP contribution >= 0.6 is 0 Å². The Bertz CT molecular complexity index is 179. The smallest absolute Gasteiger partial charge is 0.326 e. The second-order valence-corrected chi connectivity index (χ2v) is 2.77. The van der Waals surface area contributed by atoms with Crippen LogP contribution in [0.25, 0.3) is 0 Å². The van der Waals surface area contributed by atoms with Crippen molar-refractivity contribution in [3.8, 4) is 0 Å². The fourth-order valence-electron chi connectivity index (χ4n) is 0.976. The highest BCUT2D eigenvalue weighted by atomic mass is 16.4. The van der Waals surface area contributed by atoms with Crippen molar-refractivity contribution < 1.29 is 14.7 Å². The van der Waals surface area contributed by atoms with E-state index in [9.17, 15) is 9.59 Å². The predicted octanol–water partition coefficient (Wildman–Crippen LogP) is 0.718. The van der Waals surface area contributed by atoms with Crippen LogP contribution < -0.4 is 0 Å². The standard InChI is InChI=1S/C8H15NO3/c1-4-5-7(8(11)12)9(3)6(2)10/h7H,4-5H2,1-3H3,(H,11,12). The zero-order valence-corrected chi connectivity index (χ0v) is 7.70. The molecule has 0 radical (unpaired) electrons. The number of hydrogen-bond acceptors (Lipinski definition) is 2. The SMILES string of the molecule is CCCC(C(=O)O)N(C)C(C)=O. The van der Waals surface area contributed by atoms with Crippen LogP contribution in [-0.2, 0) is 9.59 Å². The predicted molar refractivity (Wildman–Crippen MR) is 44.8 cm³/mol. The summed E-state index contributed by atoms with van der Waals surface area (Å²) in [6.45, 7) is 3.26. The van der Waals surface area contributed by atoms with E-state index >= 15 is 0 Å². The number of aliphatic carboxylic acids is 1. The van der Waals surface area contributed by atoms with Crippen LogP contribution in [0, 0.1) is 0 Å². The topological polar surface area (TPSA) is 57.6 Å². The summed E-state index contributed by atoms with van der Waals surface area (Å²) in [7, 11) is 1.51. The molecule has 1 amide bonds. The van der Waals surface area contributed by atoms with Crippen LogP contribution in [0.1, 0.15) is 26.7 Å². The van der Waals surface area contributed by atoms with Crippen molar-refractivity contribution in [1.82, 2.24) is 4.90 Å². The molecule has 0 rings (SSSR count). The van der Waals surface area contributed by atoms with E-state index in [1.807, 2.05) is 6.92 Å². The van der Waals surface area contributed by atoms with E-state index in [4.69, 9.17) is 5.11 Å². The van der Waals surface area contributed by atoms with Gasteiger partial charge in [-0.05, 0) is 6.42 Å². The Kier molecular flexibility index (Phi) is 4.33. The van der Waals surface area contributed by atoms with Gasteiger partial charge in [0.25, 0.3) is 0 Å². The van der Waals surface area contributed by atoms with Crippen molar-refractivity contribution in [3.63, 3.8) is 0 Å². The van der Waals surface area contributed by atoms with Crippen LogP contribution in [-0.4, -0.2) is 35.0 Å². The Hall–Kier alpha value is -1.06. The zero-order chi connectivity index (χ0) is 9.72. The van der Waals surface area contributed by atoms with Gasteiger partial charge in [0.15, 0.2) is 0 Å². The van der Waals surface area contributed by atoms with Crippen molar-refractivity contribution in [2.24, 2.45) is 0 Å². The molecule has 0 bridgehead atoms. The monoisotopic (exact) mass is 173 g/mol.